The largest absolute Gasteiger partial charge is 0.378 e. The summed E-state index contributed by atoms with van der Waals surface area (Å²) in [5, 5.41) is 7.32. The Morgan fingerprint density at radius 3 is 2.79 bits per heavy atom. The number of nitrogens with one attached hydrogen (secondary N) is 2. The van der Waals surface area contributed by atoms with E-state index in [-0.39, 0.29) is 30.1 Å². The van der Waals surface area contributed by atoms with Gasteiger partial charge in [0.1, 0.15) is 6.54 Å². The number of nitrogens with zero attached hydrogens (tertiary/aromatic N) is 2. The minimum absolute atomic E-state index is 0. The Kier molecular flexibility index (Phi) is 6.93. The number of anilines is 1. The normalized spacial score (nSPS) is 19.9. The number of aromatic nitrogens is 1. The lowest BCUT2D eigenvalue weighted by Gasteiger charge is -2.27. The standard InChI is InChI=1S/C20H26N4O3.ClH/c25-19(23-8-10-27-11-9-23)14-24-7-5-15-12-17(3-4-18(15)24)22-20(26)16-2-1-6-21-13-16;/h3-5,7,12,16,21H,1-2,6,8-11,13-14H2,(H,22,26);1H. The van der Waals surface area contributed by atoms with Crippen molar-refractivity contribution in [2.45, 2.75) is 19.4 Å². The lowest BCUT2D eigenvalue weighted by Crippen LogP contribution is -2.42. The fourth-order valence-electron chi connectivity index (χ4n) is 3.79. The van der Waals surface area contributed by atoms with Gasteiger partial charge in [-0.3, -0.25) is 9.59 Å². The van der Waals surface area contributed by atoms with E-state index in [1.165, 1.54) is 0 Å². The molecule has 2 aliphatic rings. The zero-order valence-electron chi connectivity index (χ0n) is 15.9. The zero-order chi connectivity index (χ0) is 18.6. The van der Waals surface area contributed by atoms with Gasteiger partial charge < -0.3 is 24.8 Å². The second-order valence-electron chi connectivity index (χ2n) is 7.24. The molecule has 2 N–H and O–H groups in total. The molecule has 1 aromatic carbocycles. The van der Waals surface area contributed by atoms with E-state index in [0.717, 1.165) is 42.5 Å². The number of halogens is 1. The monoisotopic (exact) mass is 406 g/mol. The highest BCUT2D eigenvalue weighted by Gasteiger charge is 2.21. The van der Waals surface area contributed by atoms with Crippen molar-refractivity contribution in [2.75, 3.05) is 44.7 Å². The average molecular weight is 407 g/mol. The van der Waals surface area contributed by atoms with Crippen molar-refractivity contribution in [3.05, 3.63) is 30.5 Å². The lowest BCUT2D eigenvalue weighted by atomic mass is 9.99. The molecule has 1 unspecified atom stereocenters. The molecular weight excluding hydrogens is 380 g/mol. The summed E-state index contributed by atoms with van der Waals surface area (Å²) in [6, 6.07) is 7.84. The molecule has 152 valence electrons. The van der Waals surface area contributed by atoms with E-state index < -0.39 is 0 Å². The summed E-state index contributed by atoms with van der Waals surface area (Å²) in [4.78, 5) is 26.7. The minimum Gasteiger partial charge on any atom is -0.378 e. The fraction of sp³-hybridized carbons (Fsp3) is 0.500. The molecule has 2 amide bonds. The van der Waals surface area contributed by atoms with Crippen LogP contribution in [0.2, 0.25) is 0 Å². The smallest absolute Gasteiger partial charge is 0.242 e. The van der Waals surface area contributed by atoms with Crippen LogP contribution in [-0.2, 0) is 20.9 Å². The van der Waals surface area contributed by atoms with Gasteiger partial charge in [-0.25, -0.2) is 0 Å². The van der Waals surface area contributed by atoms with Gasteiger partial charge in [0.15, 0.2) is 0 Å². The highest BCUT2D eigenvalue weighted by atomic mass is 35.5. The van der Waals surface area contributed by atoms with Gasteiger partial charge in [0.25, 0.3) is 0 Å². The molecule has 2 aliphatic heterocycles. The molecule has 7 nitrogen and oxygen atoms in total. The first-order chi connectivity index (χ1) is 13.2. The highest BCUT2D eigenvalue weighted by Crippen LogP contribution is 2.22. The van der Waals surface area contributed by atoms with Crippen LogP contribution in [0.3, 0.4) is 0 Å². The number of carbonyl (C=O) groups excluding carboxylic acids is 2. The first kappa shape index (κ1) is 20.6. The number of hydrogen-bond acceptors (Lipinski definition) is 4. The molecule has 3 heterocycles. The molecule has 2 fully saturated rings. The Labute approximate surface area is 170 Å². The summed E-state index contributed by atoms with van der Waals surface area (Å²) in [5.41, 5.74) is 1.80. The van der Waals surface area contributed by atoms with Crippen molar-refractivity contribution in [2.24, 2.45) is 5.92 Å². The number of ether oxygens (including phenoxy) is 1. The molecule has 2 aromatic rings. The van der Waals surface area contributed by atoms with Crippen LogP contribution in [0.4, 0.5) is 5.69 Å². The van der Waals surface area contributed by atoms with E-state index >= 15 is 0 Å². The molecule has 0 radical (unpaired) electrons. The molecule has 2 saturated heterocycles. The molecule has 4 rings (SSSR count). The van der Waals surface area contributed by atoms with Crippen LogP contribution < -0.4 is 10.6 Å². The zero-order valence-corrected chi connectivity index (χ0v) is 16.7. The van der Waals surface area contributed by atoms with Crippen molar-refractivity contribution in [1.29, 1.82) is 0 Å². The number of hydrogen-bond donors (Lipinski definition) is 2. The van der Waals surface area contributed by atoms with Crippen molar-refractivity contribution in [1.82, 2.24) is 14.8 Å². The summed E-state index contributed by atoms with van der Waals surface area (Å²) in [6.45, 7) is 4.59. The molecular formula is C20H27ClN4O3. The maximum absolute atomic E-state index is 12.5. The number of carbonyl (C=O) groups is 2. The van der Waals surface area contributed by atoms with Gasteiger partial charge in [0, 0.05) is 42.4 Å². The Balaban J connectivity index is 0.00000225. The number of rotatable bonds is 4. The quantitative estimate of drug-likeness (QED) is 0.812. The van der Waals surface area contributed by atoms with Gasteiger partial charge in [-0.05, 0) is 43.7 Å². The maximum Gasteiger partial charge on any atom is 0.242 e. The third-order valence-electron chi connectivity index (χ3n) is 5.38. The number of morpholine rings is 1. The van der Waals surface area contributed by atoms with Crippen molar-refractivity contribution in [3.8, 4) is 0 Å². The van der Waals surface area contributed by atoms with Crippen LogP contribution in [-0.4, -0.2) is 60.7 Å². The summed E-state index contributed by atoms with van der Waals surface area (Å²) in [5.74, 6) is 0.214. The van der Waals surface area contributed by atoms with Gasteiger partial charge in [0.2, 0.25) is 11.8 Å². The first-order valence-electron chi connectivity index (χ1n) is 9.67. The number of fused-ring (bicyclic) bond motifs is 1. The number of amides is 2. The molecule has 28 heavy (non-hydrogen) atoms. The molecule has 0 aliphatic carbocycles. The number of benzene rings is 1. The second-order valence-corrected chi connectivity index (χ2v) is 7.24. The van der Waals surface area contributed by atoms with Gasteiger partial charge in [0.05, 0.1) is 19.1 Å². The van der Waals surface area contributed by atoms with E-state index in [1.54, 1.807) is 0 Å². The van der Waals surface area contributed by atoms with Gasteiger partial charge >= 0.3 is 0 Å². The molecule has 0 bridgehead atoms. The predicted octanol–water partition coefficient (Wildman–Crippen LogP) is 1.86. The van der Waals surface area contributed by atoms with Crippen LogP contribution in [0, 0.1) is 5.92 Å². The van der Waals surface area contributed by atoms with E-state index in [1.807, 2.05) is 39.9 Å². The summed E-state index contributed by atoms with van der Waals surface area (Å²) < 4.78 is 7.27. The topological polar surface area (TPSA) is 75.6 Å². The molecule has 0 saturated carbocycles. The lowest BCUT2D eigenvalue weighted by molar-refractivity contribution is -0.135. The Morgan fingerprint density at radius 1 is 1.21 bits per heavy atom. The van der Waals surface area contributed by atoms with Crippen molar-refractivity contribution < 1.29 is 14.3 Å². The van der Waals surface area contributed by atoms with Crippen LogP contribution >= 0.6 is 12.4 Å². The van der Waals surface area contributed by atoms with Gasteiger partial charge in [-0.2, -0.15) is 0 Å². The fourth-order valence-corrected chi connectivity index (χ4v) is 3.79. The Bertz CT molecular complexity index is 826. The van der Waals surface area contributed by atoms with Crippen LogP contribution in [0.5, 0.6) is 0 Å². The molecule has 0 spiro atoms. The average Bonchev–Trinajstić information content (AvgIpc) is 3.11. The van der Waals surface area contributed by atoms with E-state index in [9.17, 15) is 9.59 Å². The summed E-state index contributed by atoms with van der Waals surface area (Å²) in [7, 11) is 0. The highest BCUT2D eigenvalue weighted by molar-refractivity contribution is 5.95. The number of piperidine rings is 1. The third kappa shape index (κ3) is 4.66. The predicted molar refractivity (Wildman–Crippen MR) is 111 cm³/mol. The van der Waals surface area contributed by atoms with E-state index in [0.29, 0.717) is 32.8 Å². The van der Waals surface area contributed by atoms with Crippen LogP contribution in [0.1, 0.15) is 12.8 Å². The Morgan fingerprint density at radius 2 is 2.04 bits per heavy atom. The Hall–Kier alpha value is -2.09. The van der Waals surface area contributed by atoms with Crippen molar-refractivity contribution in [3.63, 3.8) is 0 Å². The molecule has 1 aromatic heterocycles. The molecule has 1 atom stereocenters. The first-order valence-corrected chi connectivity index (χ1v) is 9.67. The second kappa shape index (κ2) is 9.41. The van der Waals surface area contributed by atoms with Gasteiger partial charge in [-0.1, -0.05) is 0 Å². The van der Waals surface area contributed by atoms with Gasteiger partial charge in [-0.15, -0.1) is 12.4 Å². The van der Waals surface area contributed by atoms with Crippen LogP contribution in [0.25, 0.3) is 10.9 Å². The maximum atomic E-state index is 12.5. The summed E-state index contributed by atoms with van der Waals surface area (Å²) in [6.07, 6.45) is 3.90. The summed E-state index contributed by atoms with van der Waals surface area (Å²) >= 11 is 0. The van der Waals surface area contributed by atoms with E-state index in [4.69, 9.17) is 4.74 Å². The minimum atomic E-state index is 0. The van der Waals surface area contributed by atoms with Crippen LogP contribution in [0.15, 0.2) is 30.5 Å². The van der Waals surface area contributed by atoms with Crippen molar-refractivity contribution >= 4 is 40.8 Å². The van der Waals surface area contributed by atoms with E-state index in [2.05, 4.69) is 10.6 Å². The third-order valence-corrected chi connectivity index (χ3v) is 5.38. The SMILES string of the molecule is Cl.O=C(Nc1ccc2c(ccn2CC(=O)N2CCOCC2)c1)C1CCCNC1. The molecule has 8 heteroatoms.